The molecule has 0 radical (unpaired) electrons. The highest BCUT2D eigenvalue weighted by atomic mass is 35.5. The first-order chi connectivity index (χ1) is 36.1. The van der Waals surface area contributed by atoms with Gasteiger partial charge in [-0.1, -0.05) is 41.4 Å². The maximum Gasteiger partial charge on any atom is 0.501 e. The lowest BCUT2D eigenvalue weighted by atomic mass is 9.78. The fourth-order valence-corrected chi connectivity index (χ4v) is 12.0. The average molecular weight is 1050 g/mol. The van der Waals surface area contributed by atoms with Crippen molar-refractivity contribution in [3.8, 4) is 0 Å². The minimum Gasteiger partial charge on any atom is -0.380 e. The zero-order valence-corrected chi connectivity index (χ0v) is 42.1. The van der Waals surface area contributed by atoms with Crippen LogP contribution in [0, 0.1) is 11.2 Å². The topological polar surface area (TPSA) is 122 Å². The number of carbonyl (C=O) groups excluding carboxylic acids is 1. The summed E-state index contributed by atoms with van der Waals surface area (Å²) in [5.41, 5.74) is -4.39. The molecule has 4 aromatic carbocycles. The highest BCUT2D eigenvalue weighted by Gasteiger charge is 2.49. The van der Waals surface area contributed by atoms with Gasteiger partial charge >= 0.3 is 5.51 Å². The Morgan fingerprint density at radius 2 is 1.54 bits per heavy atom. The van der Waals surface area contributed by atoms with E-state index in [0.717, 1.165) is 67.3 Å². The molecule has 8 rings (SSSR count). The Hall–Kier alpha value is -4.17. The number of amides is 1. The second-order valence-electron chi connectivity index (χ2n) is 19.1. The lowest BCUT2D eigenvalue weighted by Crippen LogP contribution is -2.53. The first-order valence-corrected chi connectivity index (χ1v) is 27.2. The highest BCUT2D eigenvalue weighted by molar-refractivity contribution is 7.99. The van der Waals surface area contributed by atoms with Crippen LogP contribution in [-0.2, 0) is 19.9 Å². The van der Waals surface area contributed by atoms with Gasteiger partial charge in [-0.3, -0.25) is 14.6 Å². The molecule has 2 N–H and O–H groups in total. The lowest BCUT2D eigenvalue weighted by molar-refractivity contribution is -0.0435. The smallest absolute Gasteiger partial charge is 0.380 e. The Balaban J connectivity index is 0.981. The van der Waals surface area contributed by atoms with Crippen molar-refractivity contribution in [2.24, 2.45) is 5.41 Å². The summed E-state index contributed by atoms with van der Waals surface area (Å²) in [5.74, 6) is -1.61. The molecule has 0 aromatic heterocycles. The molecule has 1 amide bonds. The van der Waals surface area contributed by atoms with Crippen molar-refractivity contribution in [3.63, 3.8) is 0 Å². The maximum absolute atomic E-state index is 15.1. The SMILES string of the molecule is [2H]C1([2H])N(CCC(CSc2ccccc2)Nc2ccc(S(=O)(=O)NC(=O)c3ccc(N4CCN(CC5=C(c6ccc(Cl)cc6F)CCC6(CC6)C5)CC4)cc3)cc2S(=O)(=O)C(F)(F)F)C([2H])([2H])C([2H])([2H])N(C(C)(C)C)C1([2H])[2H]. The monoisotopic (exact) mass is 1050 g/mol. The molecule has 2 aliphatic carbocycles. The minimum atomic E-state index is -6.36. The third-order valence-corrected chi connectivity index (χ3v) is 17.3. The van der Waals surface area contributed by atoms with Crippen molar-refractivity contribution in [2.45, 2.75) is 91.1 Å². The molecule has 2 saturated heterocycles. The van der Waals surface area contributed by atoms with E-state index in [-0.39, 0.29) is 23.2 Å². The molecule has 2 aliphatic heterocycles. The zero-order chi connectivity index (χ0) is 57.2. The molecule has 70 heavy (non-hydrogen) atoms. The number of nitrogens with zero attached hydrogens (tertiary/aromatic N) is 4. The fraction of sp³-hybridized carbons (Fsp3) is 0.471. The summed E-state index contributed by atoms with van der Waals surface area (Å²) in [7, 11) is -11.4. The first-order valence-electron chi connectivity index (χ1n) is 26.9. The van der Waals surface area contributed by atoms with Crippen LogP contribution in [0.1, 0.15) is 86.2 Å². The van der Waals surface area contributed by atoms with E-state index in [9.17, 15) is 34.8 Å². The van der Waals surface area contributed by atoms with Gasteiger partial charge in [0.25, 0.3) is 25.8 Å². The molecule has 378 valence electrons. The van der Waals surface area contributed by atoms with E-state index in [0.29, 0.717) is 63.4 Å². The van der Waals surface area contributed by atoms with Gasteiger partial charge < -0.3 is 15.1 Å². The molecule has 3 fully saturated rings. The number of halogens is 5. The van der Waals surface area contributed by atoms with Gasteiger partial charge in [-0.25, -0.2) is 25.9 Å². The van der Waals surface area contributed by atoms with E-state index < -0.39 is 97.3 Å². The summed E-state index contributed by atoms with van der Waals surface area (Å²) < 4.78 is 185. The standard InChI is InChI=1S/C51H61ClF4N6O5S3/c1-49(2,3)62-29-25-59(26-30-62)22-18-39(35-68-41-7-5-4-6-8-41)57-46-16-14-42(32-47(46)69(64,65)51(54,55)56)70(66,67)58-48(63)36-9-12-40(13-10-36)61-27-23-60(24-28-61)34-37-33-50(20-21-50)19-17-43(37)44-15-11-38(52)31-45(44)53/h4-16,31-32,39,57H,17-30,33-35H2,1-3H3,(H,58,63)/i25D2,26D2,29D2,30D2. The van der Waals surface area contributed by atoms with Crippen molar-refractivity contribution < 1.29 is 50.2 Å². The molecular weight excluding hydrogens is 984 g/mol. The summed E-state index contributed by atoms with van der Waals surface area (Å²) in [5, 5.41) is 3.04. The van der Waals surface area contributed by atoms with Crippen LogP contribution in [0.25, 0.3) is 5.57 Å². The summed E-state index contributed by atoms with van der Waals surface area (Å²) in [4.78, 5) is 16.8. The van der Waals surface area contributed by atoms with Gasteiger partial charge in [0.2, 0.25) is 0 Å². The normalized spacial score (nSPS) is 23.6. The number of alkyl halides is 3. The second kappa shape index (κ2) is 21.1. The number of rotatable bonds is 16. The van der Waals surface area contributed by atoms with Crippen LogP contribution in [0.4, 0.5) is 28.9 Å². The summed E-state index contributed by atoms with van der Waals surface area (Å²) in [6.45, 7) is -6.02. The van der Waals surface area contributed by atoms with E-state index in [1.807, 2.05) is 4.72 Å². The fourth-order valence-electron chi connectivity index (χ4n) is 8.80. The van der Waals surface area contributed by atoms with Gasteiger partial charge in [0.05, 0.1) is 10.6 Å². The van der Waals surface area contributed by atoms with Gasteiger partial charge in [0, 0.05) is 120 Å². The number of nitrogens with one attached hydrogen (secondary N) is 2. The number of anilines is 2. The van der Waals surface area contributed by atoms with Crippen LogP contribution in [0.15, 0.2) is 111 Å². The van der Waals surface area contributed by atoms with Crippen LogP contribution < -0.4 is 14.9 Å². The lowest BCUT2D eigenvalue weighted by Gasteiger charge is -2.42. The third kappa shape index (κ3) is 12.5. The number of piperazine rings is 2. The number of allylic oxidation sites excluding steroid dienone is 1. The third-order valence-electron chi connectivity index (χ3n) is 13.0. The largest absolute Gasteiger partial charge is 0.501 e. The molecule has 4 aliphatic rings. The maximum atomic E-state index is 15.1. The molecular formula is C51H61ClF4N6O5S3. The van der Waals surface area contributed by atoms with Gasteiger partial charge in [0.15, 0.2) is 0 Å². The molecule has 4 aromatic rings. The first kappa shape index (κ1) is 42.3. The number of benzene rings is 4. The predicted molar refractivity (Wildman–Crippen MR) is 270 cm³/mol. The molecule has 11 nitrogen and oxygen atoms in total. The van der Waals surface area contributed by atoms with Gasteiger partial charge in [0.1, 0.15) is 10.7 Å². The van der Waals surface area contributed by atoms with E-state index in [1.54, 1.807) is 54.6 Å². The van der Waals surface area contributed by atoms with E-state index in [4.69, 9.17) is 22.6 Å². The number of sulfonamides is 1. The minimum absolute atomic E-state index is 0.108. The number of thioether (sulfide) groups is 1. The van der Waals surface area contributed by atoms with Gasteiger partial charge in [-0.05, 0) is 137 Å². The number of hydrogen-bond donors (Lipinski definition) is 2. The van der Waals surface area contributed by atoms with Crippen molar-refractivity contribution in [1.82, 2.24) is 19.4 Å². The quantitative estimate of drug-likeness (QED) is 0.0824. The molecule has 2 heterocycles. The van der Waals surface area contributed by atoms with E-state index >= 15 is 4.39 Å². The Labute approximate surface area is 430 Å². The van der Waals surface area contributed by atoms with Crippen molar-refractivity contribution in [3.05, 3.63) is 119 Å². The van der Waals surface area contributed by atoms with Crippen LogP contribution >= 0.6 is 23.4 Å². The molecule has 1 atom stereocenters. The average Bonchev–Trinajstić information content (AvgIpc) is 4.11. The predicted octanol–water partition coefficient (Wildman–Crippen LogP) is 9.81. The Kier molecular flexibility index (Phi) is 12.8. The van der Waals surface area contributed by atoms with Crippen LogP contribution in [0.5, 0.6) is 0 Å². The van der Waals surface area contributed by atoms with Gasteiger partial charge in [-0.15, -0.1) is 11.8 Å². The molecule has 19 heteroatoms. The van der Waals surface area contributed by atoms with Crippen molar-refractivity contribution in [2.75, 3.05) is 81.2 Å². The van der Waals surface area contributed by atoms with E-state index in [2.05, 4.69) is 15.1 Å². The zero-order valence-electron chi connectivity index (χ0n) is 46.9. The molecule has 1 spiro atoms. The summed E-state index contributed by atoms with van der Waals surface area (Å²) >= 11 is 7.19. The van der Waals surface area contributed by atoms with Crippen LogP contribution in [0.3, 0.4) is 0 Å². The molecule has 1 saturated carbocycles. The summed E-state index contributed by atoms with van der Waals surface area (Å²) in [6.07, 6.45) is 4.64. The molecule has 0 bridgehead atoms. The second-order valence-corrected chi connectivity index (χ2v) is 24.2. The van der Waals surface area contributed by atoms with Crippen molar-refractivity contribution >= 4 is 66.1 Å². The van der Waals surface area contributed by atoms with Gasteiger partial charge in [-0.2, -0.15) is 13.2 Å². The molecule has 1 unspecified atom stereocenters. The number of carbonyl (C=O) groups is 1. The van der Waals surface area contributed by atoms with Crippen LogP contribution in [0.2, 0.25) is 5.02 Å². The Morgan fingerprint density at radius 1 is 0.857 bits per heavy atom. The Morgan fingerprint density at radius 3 is 2.17 bits per heavy atom. The van der Waals surface area contributed by atoms with Crippen molar-refractivity contribution in [1.29, 1.82) is 0 Å². The number of hydrogen-bond acceptors (Lipinski definition) is 11. The van der Waals surface area contributed by atoms with E-state index in [1.165, 1.54) is 44.5 Å². The summed E-state index contributed by atoms with van der Waals surface area (Å²) in [6, 6.07) is 19.9. The number of sulfone groups is 1. The highest BCUT2D eigenvalue weighted by Crippen LogP contribution is 2.58. The van der Waals surface area contributed by atoms with Crippen LogP contribution in [-0.4, -0.2) is 126 Å². The Bertz CT molecular complexity index is 3140.